The molecule has 1 rings (SSSR count). The molecule has 4 nitrogen and oxygen atoms in total. The van der Waals surface area contributed by atoms with Crippen LogP contribution >= 0.6 is 0 Å². The maximum atomic E-state index is 10.8. The van der Waals surface area contributed by atoms with Crippen molar-refractivity contribution in [3.05, 3.63) is 0 Å². The molecule has 0 aromatic heterocycles. The fourth-order valence-corrected chi connectivity index (χ4v) is 1.85. The third-order valence-corrected chi connectivity index (χ3v) is 2.95. The monoisotopic (exact) mass is 199 g/mol. The van der Waals surface area contributed by atoms with Crippen molar-refractivity contribution in [2.45, 2.75) is 38.8 Å². The van der Waals surface area contributed by atoms with E-state index in [1.807, 2.05) is 6.92 Å². The lowest BCUT2D eigenvalue weighted by Gasteiger charge is -2.32. The molecule has 1 aliphatic heterocycles. The normalized spacial score (nSPS) is 22.1. The summed E-state index contributed by atoms with van der Waals surface area (Å²) in [5, 5.41) is 3.26. The highest BCUT2D eigenvalue weighted by Gasteiger charge is 2.20. The number of hydrogen-bond donors (Lipinski definition) is 2. The molecule has 0 saturated carbocycles. The summed E-state index contributed by atoms with van der Waals surface area (Å²) in [6.07, 6.45) is 2.23. The largest absolute Gasteiger partial charge is 0.368 e. The van der Waals surface area contributed by atoms with Gasteiger partial charge in [-0.3, -0.25) is 4.79 Å². The minimum atomic E-state index is -0.261. The minimum absolute atomic E-state index is 0.201. The van der Waals surface area contributed by atoms with Crippen molar-refractivity contribution in [2.24, 2.45) is 5.73 Å². The Kier molecular flexibility index (Phi) is 4.35. The first kappa shape index (κ1) is 11.5. The Morgan fingerprint density at radius 2 is 2.14 bits per heavy atom. The smallest absolute Gasteiger partial charge is 0.234 e. The van der Waals surface area contributed by atoms with Gasteiger partial charge in [-0.1, -0.05) is 6.92 Å². The second-order valence-corrected chi connectivity index (χ2v) is 4.00. The lowest BCUT2D eigenvalue weighted by atomic mass is 10.0. The topological polar surface area (TPSA) is 58.4 Å². The molecule has 1 unspecified atom stereocenters. The second kappa shape index (κ2) is 5.32. The SMILES string of the molecule is CCN1CCC(NC(C)C(N)=O)CC1. The molecule has 1 atom stereocenters. The van der Waals surface area contributed by atoms with Gasteiger partial charge in [-0.25, -0.2) is 0 Å². The number of nitrogens with zero attached hydrogens (tertiary/aromatic N) is 1. The number of nitrogens with two attached hydrogens (primary N) is 1. The maximum Gasteiger partial charge on any atom is 0.234 e. The molecule has 1 amide bonds. The van der Waals surface area contributed by atoms with Gasteiger partial charge in [0.15, 0.2) is 0 Å². The maximum absolute atomic E-state index is 10.8. The summed E-state index contributed by atoms with van der Waals surface area (Å²) in [5.41, 5.74) is 5.19. The zero-order chi connectivity index (χ0) is 10.6. The fourth-order valence-electron chi connectivity index (χ4n) is 1.85. The van der Waals surface area contributed by atoms with E-state index in [0.717, 1.165) is 32.5 Å². The van der Waals surface area contributed by atoms with Gasteiger partial charge in [-0.15, -0.1) is 0 Å². The van der Waals surface area contributed by atoms with E-state index in [0.29, 0.717) is 6.04 Å². The van der Waals surface area contributed by atoms with Crippen LogP contribution in [-0.4, -0.2) is 42.5 Å². The third kappa shape index (κ3) is 3.27. The summed E-state index contributed by atoms with van der Waals surface area (Å²) in [5.74, 6) is -0.261. The van der Waals surface area contributed by atoms with Gasteiger partial charge in [0.1, 0.15) is 0 Å². The summed E-state index contributed by atoms with van der Waals surface area (Å²) >= 11 is 0. The van der Waals surface area contributed by atoms with Gasteiger partial charge in [0.05, 0.1) is 6.04 Å². The molecule has 4 heteroatoms. The Bertz CT molecular complexity index is 188. The van der Waals surface area contributed by atoms with Crippen LogP contribution in [0.2, 0.25) is 0 Å². The first-order valence-electron chi connectivity index (χ1n) is 5.41. The number of amides is 1. The first-order valence-corrected chi connectivity index (χ1v) is 5.41. The molecule has 0 bridgehead atoms. The average Bonchev–Trinajstić information content (AvgIpc) is 2.19. The van der Waals surface area contributed by atoms with Crippen LogP contribution in [0.25, 0.3) is 0 Å². The Morgan fingerprint density at radius 1 is 1.57 bits per heavy atom. The van der Waals surface area contributed by atoms with Gasteiger partial charge in [0, 0.05) is 6.04 Å². The first-order chi connectivity index (χ1) is 6.63. The van der Waals surface area contributed by atoms with Crippen LogP contribution < -0.4 is 11.1 Å². The second-order valence-electron chi connectivity index (χ2n) is 4.00. The van der Waals surface area contributed by atoms with Gasteiger partial charge in [0.2, 0.25) is 5.91 Å². The molecule has 1 saturated heterocycles. The quantitative estimate of drug-likeness (QED) is 0.666. The summed E-state index contributed by atoms with van der Waals surface area (Å²) in [4.78, 5) is 13.3. The van der Waals surface area contributed by atoms with Crippen LogP contribution in [0.3, 0.4) is 0 Å². The molecule has 0 radical (unpaired) electrons. The summed E-state index contributed by atoms with van der Waals surface area (Å²) < 4.78 is 0. The number of nitrogens with one attached hydrogen (secondary N) is 1. The van der Waals surface area contributed by atoms with Crippen LogP contribution in [-0.2, 0) is 4.79 Å². The summed E-state index contributed by atoms with van der Waals surface area (Å²) in [7, 11) is 0. The zero-order valence-electron chi connectivity index (χ0n) is 9.12. The van der Waals surface area contributed by atoms with E-state index >= 15 is 0 Å². The van der Waals surface area contributed by atoms with Crippen molar-refractivity contribution in [1.82, 2.24) is 10.2 Å². The predicted molar refractivity (Wildman–Crippen MR) is 56.9 cm³/mol. The van der Waals surface area contributed by atoms with Crippen molar-refractivity contribution in [3.8, 4) is 0 Å². The van der Waals surface area contributed by atoms with Crippen molar-refractivity contribution >= 4 is 5.91 Å². The van der Waals surface area contributed by atoms with E-state index in [1.165, 1.54) is 0 Å². The van der Waals surface area contributed by atoms with Crippen LogP contribution in [0, 0.1) is 0 Å². The van der Waals surface area contributed by atoms with Gasteiger partial charge in [0.25, 0.3) is 0 Å². The number of hydrogen-bond acceptors (Lipinski definition) is 3. The molecule has 0 aliphatic carbocycles. The lowest BCUT2D eigenvalue weighted by molar-refractivity contribution is -0.119. The third-order valence-electron chi connectivity index (χ3n) is 2.95. The Labute approximate surface area is 85.8 Å². The summed E-state index contributed by atoms with van der Waals surface area (Å²) in [6, 6.07) is 0.258. The molecule has 3 N–H and O–H groups in total. The Balaban J connectivity index is 2.25. The minimum Gasteiger partial charge on any atom is -0.368 e. The van der Waals surface area contributed by atoms with E-state index in [4.69, 9.17) is 5.73 Å². The highest BCUT2D eigenvalue weighted by Crippen LogP contribution is 2.10. The average molecular weight is 199 g/mol. The fraction of sp³-hybridized carbons (Fsp3) is 0.900. The number of primary amides is 1. The molecule has 0 aromatic rings. The van der Waals surface area contributed by atoms with Gasteiger partial charge < -0.3 is 16.0 Å². The molecule has 1 heterocycles. The molecule has 0 spiro atoms. The predicted octanol–water partition coefficient (Wildman–Crippen LogP) is -0.0659. The zero-order valence-corrected chi connectivity index (χ0v) is 9.12. The van der Waals surface area contributed by atoms with Crippen LogP contribution in [0.15, 0.2) is 0 Å². The van der Waals surface area contributed by atoms with Gasteiger partial charge >= 0.3 is 0 Å². The Morgan fingerprint density at radius 3 is 2.57 bits per heavy atom. The molecular weight excluding hydrogens is 178 g/mol. The highest BCUT2D eigenvalue weighted by molar-refractivity contribution is 5.79. The number of carbonyl (C=O) groups excluding carboxylic acids is 1. The van der Waals surface area contributed by atoms with Crippen LogP contribution in [0.4, 0.5) is 0 Å². The van der Waals surface area contributed by atoms with E-state index in [-0.39, 0.29) is 11.9 Å². The van der Waals surface area contributed by atoms with Gasteiger partial charge in [-0.2, -0.15) is 0 Å². The number of carbonyl (C=O) groups is 1. The molecule has 1 fully saturated rings. The number of rotatable bonds is 4. The van der Waals surface area contributed by atoms with Crippen molar-refractivity contribution in [3.63, 3.8) is 0 Å². The Hall–Kier alpha value is -0.610. The molecule has 14 heavy (non-hydrogen) atoms. The molecular formula is C10H21N3O. The molecule has 82 valence electrons. The van der Waals surface area contributed by atoms with Crippen molar-refractivity contribution in [1.29, 1.82) is 0 Å². The van der Waals surface area contributed by atoms with Gasteiger partial charge in [-0.05, 0) is 39.4 Å². The van der Waals surface area contributed by atoms with E-state index in [9.17, 15) is 4.79 Å². The standard InChI is InChI=1S/C10H21N3O/c1-3-13-6-4-9(5-7-13)12-8(2)10(11)14/h8-9,12H,3-7H2,1-2H3,(H2,11,14). The van der Waals surface area contributed by atoms with Crippen molar-refractivity contribution < 1.29 is 4.79 Å². The van der Waals surface area contributed by atoms with E-state index in [1.54, 1.807) is 0 Å². The molecule has 1 aliphatic rings. The molecule has 0 aromatic carbocycles. The van der Waals surface area contributed by atoms with E-state index in [2.05, 4.69) is 17.1 Å². The lowest BCUT2D eigenvalue weighted by Crippen LogP contribution is -2.49. The highest BCUT2D eigenvalue weighted by atomic mass is 16.1. The van der Waals surface area contributed by atoms with Crippen LogP contribution in [0.1, 0.15) is 26.7 Å². The van der Waals surface area contributed by atoms with Crippen molar-refractivity contribution in [2.75, 3.05) is 19.6 Å². The number of likely N-dealkylation sites (tertiary alicyclic amines) is 1. The van der Waals surface area contributed by atoms with Crippen LogP contribution in [0.5, 0.6) is 0 Å². The summed E-state index contributed by atoms with van der Waals surface area (Å²) in [6.45, 7) is 7.38. The number of piperidine rings is 1. The van der Waals surface area contributed by atoms with E-state index < -0.39 is 0 Å².